The first-order valence-corrected chi connectivity index (χ1v) is 7.19. The van der Waals surface area contributed by atoms with Crippen molar-refractivity contribution in [2.45, 2.75) is 39.4 Å². The van der Waals surface area contributed by atoms with E-state index in [9.17, 15) is 4.79 Å². The summed E-state index contributed by atoms with van der Waals surface area (Å²) in [6.45, 7) is 4.90. The highest BCUT2D eigenvalue weighted by Gasteiger charge is 2.31. The zero-order chi connectivity index (χ0) is 14.4. The molecule has 2 rings (SSSR count). The molecule has 0 radical (unpaired) electrons. The second-order valence-electron chi connectivity index (χ2n) is 5.23. The van der Waals surface area contributed by atoms with E-state index in [2.05, 4.69) is 12.1 Å². The second kappa shape index (κ2) is 7.25. The van der Waals surface area contributed by atoms with Gasteiger partial charge in [-0.25, -0.2) is 4.79 Å². The van der Waals surface area contributed by atoms with Gasteiger partial charge in [-0.1, -0.05) is 35.9 Å². The van der Waals surface area contributed by atoms with Gasteiger partial charge in [0.2, 0.25) is 0 Å². The van der Waals surface area contributed by atoms with Crippen molar-refractivity contribution in [2.24, 2.45) is 5.92 Å². The van der Waals surface area contributed by atoms with Crippen LogP contribution in [0, 0.1) is 5.92 Å². The fourth-order valence-corrected chi connectivity index (χ4v) is 2.35. The first kappa shape index (κ1) is 14.8. The lowest BCUT2D eigenvalue weighted by Gasteiger charge is -2.35. The highest BCUT2D eigenvalue weighted by Crippen LogP contribution is 2.36. The zero-order valence-electron chi connectivity index (χ0n) is 12.2. The molecule has 1 aromatic rings. The SMILES string of the molecule is CCOC(=O)/C=C(\C)C1CC(OCc2ccccc2)C1. The molecule has 0 N–H and O–H groups in total. The van der Waals surface area contributed by atoms with Crippen LogP contribution in [-0.2, 0) is 20.9 Å². The van der Waals surface area contributed by atoms with Crippen LogP contribution in [0.4, 0.5) is 0 Å². The third kappa shape index (κ3) is 4.20. The summed E-state index contributed by atoms with van der Waals surface area (Å²) in [4.78, 5) is 11.4. The number of carbonyl (C=O) groups excluding carboxylic acids is 1. The summed E-state index contributed by atoms with van der Waals surface area (Å²) in [6, 6.07) is 10.2. The van der Waals surface area contributed by atoms with E-state index in [0.29, 0.717) is 25.2 Å². The quantitative estimate of drug-likeness (QED) is 0.588. The molecule has 0 atom stereocenters. The summed E-state index contributed by atoms with van der Waals surface area (Å²) in [5, 5.41) is 0. The minimum atomic E-state index is -0.237. The number of benzene rings is 1. The molecule has 0 aromatic heterocycles. The molecule has 1 aromatic carbocycles. The lowest BCUT2D eigenvalue weighted by molar-refractivity contribution is -0.137. The Balaban J connectivity index is 1.70. The van der Waals surface area contributed by atoms with Crippen LogP contribution in [0.3, 0.4) is 0 Å². The largest absolute Gasteiger partial charge is 0.463 e. The number of carbonyl (C=O) groups is 1. The van der Waals surface area contributed by atoms with Crippen molar-refractivity contribution in [3.63, 3.8) is 0 Å². The van der Waals surface area contributed by atoms with Crippen LogP contribution in [0.2, 0.25) is 0 Å². The van der Waals surface area contributed by atoms with Crippen molar-refractivity contribution >= 4 is 5.97 Å². The number of hydrogen-bond donors (Lipinski definition) is 0. The predicted octanol–water partition coefficient (Wildman–Crippen LogP) is 3.49. The van der Waals surface area contributed by atoms with Crippen LogP contribution < -0.4 is 0 Å². The molecule has 0 bridgehead atoms. The van der Waals surface area contributed by atoms with Gasteiger partial charge in [0.15, 0.2) is 0 Å². The van der Waals surface area contributed by atoms with Gasteiger partial charge >= 0.3 is 5.97 Å². The fraction of sp³-hybridized carbons (Fsp3) is 0.471. The number of esters is 1. The monoisotopic (exact) mass is 274 g/mol. The Hall–Kier alpha value is -1.61. The smallest absolute Gasteiger partial charge is 0.330 e. The Bertz CT molecular complexity index is 458. The van der Waals surface area contributed by atoms with Gasteiger partial charge in [-0.05, 0) is 38.2 Å². The maximum Gasteiger partial charge on any atom is 0.330 e. The second-order valence-corrected chi connectivity index (χ2v) is 5.23. The molecule has 20 heavy (non-hydrogen) atoms. The normalized spacial score (nSPS) is 22.2. The molecule has 1 aliphatic rings. The Morgan fingerprint density at radius 2 is 2.00 bits per heavy atom. The molecule has 0 saturated heterocycles. The lowest BCUT2D eigenvalue weighted by Crippen LogP contribution is -2.32. The van der Waals surface area contributed by atoms with Gasteiger partial charge in [-0.3, -0.25) is 0 Å². The summed E-state index contributed by atoms with van der Waals surface area (Å²) in [5.74, 6) is 0.221. The van der Waals surface area contributed by atoms with Crippen LogP contribution in [-0.4, -0.2) is 18.7 Å². The molecule has 1 fully saturated rings. The molecule has 3 nitrogen and oxygen atoms in total. The molecule has 0 aliphatic heterocycles. The van der Waals surface area contributed by atoms with Gasteiger partial charge in [0.25, 0.3) is 0 Å². The van der Waals surface area contributed by atoms with Gasteiger partial charge < -0.3 is 9.47 Å². The summed E-state index contributed by atoms with van der Waals surface area (Å²) in [5.41, 5.74) is 2.30. The fourth-order valence-electron chi connectivity index (χ4n) is 2.35. The molecule has 0 heterocycles. The van der Waals surface area contributed by atoms with E-state index in [0.717, 1.165) is 18.4 Å². The zero-order valence-corrected chi connectivity index (χ0v) is 12.2. The van der Waals surface area contributed by atoms with Crippen molar-refractivity contribution in [3.8, 4) is 0 Å². The van der Waals surface area contributed by atoms with Crippen LogP contribution in [0.15, 0.2) is 42.0 Å². The van der Waals surface area contributed by atoms with Crippen molar-refractivity contribution in [1.82, 2.24) is 0 Å². The summed E-state index contributed by atoms with van der Waals surface area (Å²) < 4.78 is 10.8. The van der Waals surface area contributed by atoms with Gasteiger partial charge in [0, 0.05) is 6.08 Å². The van der Waals surface area contributed by atoms with E-state index in [1.54, 1.807) is 6.08 Å². The minimum Gasteiger partial charge on any atom is -0.463 e. The molecular formula is C17H22O3. The first-order chi connectivity index (χ1) is 9.69. The van der Waals surface area contributed by atoms with Gasteiger partial charge in [-0.15, -0.1) is 0 Å². The molecule has 3 heteroatoms. The van der Waals surface area contributed by atoms with E-state index >= 15 is 0 Å². The first-order valence-electron chi connectivity index (χ1n) is 7.19. The molecule has 0 amide bonds. The molecular weight excluding hydrogens is 252 g/mol. The van der Waals surface area contributed by atoms with Crippen LogP contribution in [0.25, 0.3) is 0 Å². The molecule has 1 aliphatic carbocycles. The standard InChI is InChI=1S/C17H22O3/c1-3-19-17(18)9-13(2)15-10-16(11-15)20-12-14-7-5-4-6-8-14/h4-9,15-16H,3,10-12H2,1-2H3/b13-9+. The molecule has 108 valence electrons. The lowest BCUT2D eigenvalue weighted by atomic mass is 9.77. The average Bonchev–Trinajstić information content (AvgIpc) is 2.38. The molecule has 1 saturated carbocycles. The Labute approximate surface area is 120 Å². The minimum absolute atomic E-state index is 0.237. The average molecular weight is 274 g/mol. The number of ether oxygens (including phenoxy) is 2. The van der Waals surface area contributed by atoms with Crippen molar-refractivity contribution in [3.05, 3.63) is 47.5 Å². The van der Waals surface area contributed by atoms with E-state index in [4.69, 9.17) is 9.47 Å². The number of rotatable bonds is 6. The number of allylic oxidation sites excluding steroid dienone is 1. The summed E-state index contributed by atoms with van der Waals surface area (Å²) in [7, 11) is 0. The van der Waals surface area contributed by atoms with Gasteiger partial charge in [0.05, 0.1) is 19.3 Å². The summed E-state index contributed by atoms with van der Waals surface area (Å²) in [6.07, 6.45) is 3.91. The maximum atomic E-state index is 11.4. The van der Waals surface area contributed by atoms with Crippen LogP contribution in [0.5, 0.6) is 0 Å². The Kier molecular flexibility index (Phi) is 5.36. The van der Waals surface area contributed by atoms with E-state index in [1.165, 1.54) is 5.56 Å². The van der Waals surface area contributed by atoms with Crippen LogP contribution in [0.1, 0.15) is 32.3 Å². The predicted molar refractivity (Wildman–Crippen MR) is 78.1 cm³/mol. The Morgan fingerprint density at radius 1 is 1.30 bits per heavy atom. The number of hydrogen-bond acceptors (Lipinski definition) is 3. The topological polar surface area (TPSA) is 35.5 Å². The molecule has 0 spiro atoms. The van der Waals surface area contributed by atoms with Gasteiger partial charge in [0.1, 0.15) is 0 Å². The van der Waals surface area contributed by atoms with Crippen molar-refractivity contribution < 1.29 is 14.3 Å². The Morgan fingerprint density at radius 3 is 2.65 bits per heavy atom. The van der Waals surface area contributed by atoms with Gasteiger partial charge in [-0.2, -0.15) is 0 Å². The molecule has 0 unspecified atom stereocenters. The third-order valence-electron chi connectivity index (χ3n) is 3.70. The highest BCUT2D eigenvalue weighted by atomic mass is 16.5. The van der Waals surface area contributed by atoms with Crippen LogP contribution >= 0.6 is 0 Å². The summed E-state index contributed by atoms with van der Waals surface area (Å²) >= 11 is 0. The maximum absolute atomic E-state index is 11.4. The third-order valence-corrected chi connectivity index (χ3v) is 3.70. The van der Waals surface area contributed by atoms with E-state index in [1.807, 2.05) is 32.0 Å². The van der Waals surface area contributed by atoms with Crippen molar-refractivity contribution in [2.75, 3.05) is 6.61 Å². The van der Waals surface area contributed by atoms with Crippen molar-refractivity contribution in [1.29, 1.82) is 0 Å². The van der Waals surface area contributed by atoms with E-state index in [-0.39, 0.29) is 5.97 Å². The van der Waals surface area contributed by atoms with E-state index < -0.39 is 0 Å². The highest BCUT2D eigenvalue weighted by molar-refractivity contribution is 5.82.